The van der Waals surface area contributed by atoms with E-state index in [2.05, 4.69) is 59.8 Å². The Morgan fingerprint density at radius 2 is 1.95 bits per heavy atom. The molecule has 0 aliphatic carbocycles. The first-order valence-electron chi connectivity index (χ1n) is 5.50. The summed E-state index contributed by atoms with van der Waals surface area (Å²) in [5.41, 5.74) is 2.52. The first-order valence-corrected chi connectivity index (χ1v) is 8.17. The van der Waals surface area contributed by atoms with Gasteiger partial charge in [-0.2, -0.15) is 0 Å². The van der Waals surface area contributed by atoms with Gasteiger partial charge in [0.05, 0.1) is 11.3 Å². The Bertz CT molecular complexity index is 643. The molecular formula is C14H10Br2INO. The van der Waals surface area contributed by atoms with Crippen LogP contribution in [0.1, 0.15) is 15.9 Å². The molecule has 0 spiro atoms. The van der Waals surface area contributed by atoms with E-state index in [1.807, 2.05) is 43.3 Å². The third-order valence-electron chi connectivity index (χ3n) is 2.61. The summed E-state index contributed by atoms with van der Waals surface area (Å²) in [7, 11) is 0. The number of hydrogen-bond donors (Lipinski definition) is 1. The van der Waals surface area contributed by atoms with Gasteiger partial charge in [-0.3, -0.25) is 4.79 Å². The Kier molecular flexibility index (Phi) is 5.03. The predicted molar refractivity (Wildman–Crippen MR) is 93.7 cm³/mol. The van der Waals surface area contributed by atoms with Gasteiger partial charge in [0.25, 0.3) is 5.91 Å². The predicted octanol–water partition coefficient (Wildman–Crippen LogP) is 5.38. The van der Waals surface area contributed by atoms with Gasteiger partial charge in [-0.25, -0.2) is 0 Å². The standard InChI is InChI=1S/C14H10Br2INO/c1-8-3-2-4-12(13(8)16)18-14(19)10-7-9(15)5-6-11(10)17/h2-7H,1H3,(H,18,19). The van der Waals surface area contributed by atoms with Gasteiger partial charge in [0.2, 0.25) is 0 Å². The van der Waals surface area contributed by atoms with Gasteiger partial charge in [0.15, 0.2) is 0 Å². The minimum absolute atomic E-state index is 0.114. The highest BCUT2D eigenvalue weighted by Crippen LogP contribution is 2.27. The van der Waals surface area contributed by atoms with Crippen molar-refractivity contribution >= 4 is 66.0 Å². The van der Waals surface area contributed by atoms with Crippen LogP contribution in [-0.4, -0.2) is 5.91 Å². The number of nitrogens with one attached hydrogen (secondary N) is 1. The Morgan fingerprint density at radius 3 is 2.68 bits per heavy atom. The number of aryl methyl sites for hydroxylation is 1. The van der Waals surface area contributed by atoms with Gasteiger partial charge < -0.3 is 5.32 Å². The van der Waals surface area contributed by atoms with Crippen LogP contribution < -0.4 is 5.32 Å². The lowest BCUT2D eigenvalue weighted by atomic mass is 10.2. The van der Waals surface area contributed by atoms with E-state index in [-0.39, 0.29) is 5.91 Å². The third kappa shape index (κ3) is 3.58. The molecule has 0 aliphatic heterocycles. The fourth-order valence-corrected chi connectivity index (χ4v) is 2.91. The van der Waals surface area contributed by atoms with Crippen molar-refractivity contribution in [3.8, 4) is 0 Å². The minimum atomic E-state index is -0.114. The van der Waals surface area contributed by atoms with Crippen LogP contribution in [0.25, 0.3) is 0 Å². The molecule has 2 nitrogen and oxygen atoms in total. The van der Waals surface area contributed by atoms with Gasteiger partial charge >= 0.3 is 0 Å². The summed E-state index contributed by atoms with van der Waals surface area (Å²) in [5, 5.41) is 2.92. The van der Waals surface area contributed by atoms with Crippen molar-refractivity contribution in [3.63, 3.8) is 0 Å². The minimum Gasteiger partial charge on any atom is -0.321 e. The summed E-state index contributed by atoms with van der Waals surface area (Å²) in [6.07, 6.45) is 0. The fraction of sp³-hybridized carbons (Fsp3) is 0.0714. The number of anilines is 1. The topological polar surface area (TPSA) is 29.1 Å². The van der Waals surface area contributed by atoms with E-state index in [0.717, 1.165) is 23.8 Å². The number of hydrogen-bond acceptors (Lipinski definition) is 1. The monoisotopic (exact) mass is 493 g/mol. The number of halogens is 3. The van der Waals surface area contributed by atoms with Gasteiger partial charge in [-0.1, -0.05) is 28.1 Å². The molecule has 5 heteroatoms. The van der Waals surface area contributed by atoms with Crippen LogP contribution in [0.4, 0.5) is 5.69 Å². The van der Waals surface area contributed by atoms with E-state index in [1.54, 1.807) is 0 Å². The summed E-state index contributed by atoms with van der Waals surface area (Å²) in [4.78, 5) is 12.3. The number of benzene rings is 2. The van der Waals surface area contributed by atoms with Gasteiger partial charge in [0, 0.05) is 12.5 Å². The molecule has 2 aromatic carbocycles. The average molecular weight is 495 g/mol. The lowest BCUT2D eigenvalue weighted by Gasteiger charge is -2.10. The Hall–Kier alpha value is -0.400. The second-order valence-corrected chi connectivity index (χ2v) is 6.89. The molecular weight excluding hydrogens is 485 g/mol. The third-order valence-corrected chi connectivity index (χ3v) is 5.10. The molecule has 0 aromatic heterocycles. The van der Waals surface area contributed by atoms with E-state index in [0.29, 0.717) is 5.56 Å². The van der Waals surface area contributed by atoms with Gasteiger partial charge in [-0.05, 0) is 75.3 Å². The highest BCUT2D eigenvalue weighted by atomic mass is 127. The van der Waals surface area contributed by atoms with Crippen LogP contribution >= 0.6 is 54.5 Å². The van der Waals surface area contributed by atoms with Gasteiger partial charge in [0.1, 0.15) is 0 Å². The van der Waals surface area contributed by atoms with Crippen LogP contribution in [0.15, 0.2) is 45.3 Å². The number of carbonyl (C=O) groups is 1. The lowest BCUT2D eigenvalue weighted by Crippen LogP contribution is -2.14. The van der Waals surface area contributed by atoms with Crippen molar-refractivity contribution < 1.29 is 4.79 Å². The summed E-state index contributed by atoms with van der Waals surface area (Å²) in [5.74, 6) is -0.114. The summed E-state index contributed by atoms with van der Waals surface area (Å²) < 4.78 is 2.72. The van der Waals surface area contributed by atoms with Crippen LogP contribution in [0, 0.1) is 10.5 Å². The number of amides is 1. The molecule has 0 unspecified atom stereocenters. The zero-order chi connectivity index (χ0) is 14.0. The molecule has 2 rings (SSSR count). The van der Waals surface area contributed by atoms with E-state index in [1.165, 1.54) is 0 Å². The Labute approximate surface area is 142 Å². The highest BCUT2D eigenvalue weighted by Gasteiger charge is 2.12. The second-order valence-electron chi connectivity index (χ2n) is 4.01. The largest absolute Gasteiger partial charge is 0.321 e. The molecule has 0 saturated heterocycles. The molecule has 98 valence electrons. The second kappa shape index (κ2) is 6.37. The van der Waals surface area contributed by atoms with Crippen LogP contribution in [0.2, 0.25) is 0 Å². The molecule has 0 bridgehead atoms. The van der Waals surface area contributed by atoms with Crippen LogP contribution in [0.5, 0.6) is 0 Å². The Morgan fingerprint density at radius 1 is 1.21 bits per heavy atom. The molecule has 0 saturated carbocycles. The molecule has 0 fully saturated rings. The van der Waals surface area contributed by atoms with E-state index < -0.39 is 0 Å². The zero-order valence-electron chi connectivity index (χ0n) is 10.0. The van der Waals surface area contributed by atoms with Crippen molar-refractivity contribution in [2.75, 3.05) is 5.32 Å². The summed E-state index contributed by atoms with van der Waals surface area (Å²) in [6, 6.07) is 11.4. The van der Waals surface area contributed by atoms with Crippen molar-refractivity contribution in [1.29, 1.82) is 0 Å². The average Bonchev–Trinajstić information content (AvgIpc) is 2.38. The van der Waals surface area contributed by atoms with Crippen molar-refractivity contribution in [3.05, 3.63) is 60.0 Å². The normalized spacial score (nSPS) is 10.3. The van der Waals surface area contributed by atoms with E-state index in [9.17, 15) is 4.79 Å². The van der Waals surface area contributed by atoms with Crippen molar-refractivity contribution in [2.45, 2.75) is 6.92 Å². The molecule has 0 heterocycles. The quantitative estimate of drug-likeness (QED) is 0.558. The smallest absolute Gasteiger partial charge is 0.256 e. The molecule has 1 N–H and O–H groups in total. The van der Waals surface area contributed by atoms with Crippen LogP contribution in [0.3, 0.4) is 0 Å². The first kappa shape index (κ1) is 15.0. The van der Waals surface area contributed by atoms with Crippen molar-refractivity contribution in [1.82, 2.24) is 0 Å². The molecule has 0 atom stereocenters. The molecule has 0 aliphatic rings. The fourth-order valence-electron chi connectivity index (χ4n) is 1.61. The van der Waals surface area contributed by atoms with E-state index >= 15 is 0 Å². The van der Waals surface area contributed by atoms with Crippen molar-refractivity contribution in [2.24, 2.45) is 0 Å². The summed E-state index contributed by atoms with van der Waals surface area (Å²) >= 11 is 9.03. The highest BCUT2D eigenvalue weighted by molar-refractivity contribution is 14.1. The van der Waals surface area contributed by atoms with E-state index in [4.69, 9.17) is 0 Å². The molecule has 2 aromatic rings. The molecule has 19 heavy (non-hydrogen) atoms. The molecule has 1 amide bonds. The maximum absolute atomic E-state index is 12.3. The number of rotatable bonds is 2. The van der Waals surface area contributed by atoms with Crippen LogP contribution in [-0.2, 0) is 0 Å². The molecule has 0 radical (unpaired) electrons. The SMILES string of the molecule is Cc1cccc(NC(=O)c2cc(Br)ccc2I)c1Br. The van der Waals surface area contributed by atoms with Gasteiger partial charge in [-0.15, -0.1) is 0 Å². The summed E-state index contributed by atoms with van der Waals surface area (Å²) in [6.45, 7) is 1.99. The first-order chi connectivity index (χ1) is 8.99. The number of carbonyl (C=O) groups excluding carboxylic acids is 1. The Balaban J connectivity index is 2.31. The maximum Gasteiger partial charge on any atom is 0.256 e. The lowest BCUT2D eigenvalue weighted by molar-refractivity contribution is 0.102. The maximum atomic E-state index is 12.3. The zero-order valence-corrected chi connectivity index (χ0v) is 15.3.